The summed E-state index contributed by atoms with van der Waals surface area (Å²) in [6.45, 7) is 3.44. The van der Waals surface area contributed by atoms with Gasteiger partial charge in [0.25, 0.3) is 0 Å². The maximum atomic E-state index is 12.9. The van der Waals surface area contributed by atoms with Crippen LogP contribution in [0.3, 0.4) is 0 Å². The third kappa shape index (κ3) is 4.36. The standard InChI is InChI=1S/C19H27F3N4O/c1-3-5-15(18(27)23-2)24-14-9-8-12-10-26(11-13(12)14)17-7-4-6-16(25-17)19(20,21)22/h4,6-7,12-15,24H,3,5,8-11H2,1-2H3,(H,23,27)/t12-,13+,14+,15+/m1/s1. The predicted molar refractivity (Wildman–Crippen MR) is 97.4 cm³/mol. The minimum atomic E-state index is -4.43. The number of likely N-dealkylation sites (N-methyl/N-ethyl adjacent to an activating group) is 1. The SMILES string of the molecule is CCC[C@H](N[C@H]1CC[C@@H]2CN(c3cccc(C(F)(F)F)n3)C[C@@H]21)C(=O)NC. The van der Waals surface area contributed by atoms with Crippen LogP contribution in [0.4, 0.5) is 19.0 Å². The number of amides is 1. The summed E-state index contributed by atoms with van der Waals surface area (Å²) >= 11 is 0. The highest BCUT2D eigenvalue weighted by atomic mass is 19.4. The summed E-state index contributed by atoms with van der Waals surface area (Å²) in [6.07, 6.45) is -0.740. The first kappa shape index (κ1) is 19.9. The molecule has 1 aliphatic carbocycles. The quantitative estimate of drug-likeness (QED) is 0.792. The number of carbonyl (C=O) groups is 1. The number of nitrogens with zero attached hydrogens (tertiary/aromatic N) is 2. The van der Waals surface area contributed by atoms with Crippen molar-refractivity contribution in [1.29, 1.82) is 0 Å². The van der Waals surface area contributed by atoms with Crippen LogP contribution < -0.4 is 15.5 Å². The van der Waals surface area contributed by atoms with Crippen LogP contribution in [0.25, 0.3) is 0 Å². The molecule has 1 saturated carbocycles. The number of aromatic nitrogens is 1. The molecule has 4 atom stereocenters. The molecule has 0 unspecified atom stereocenters. The normalized spacial score (nSPS) is 26.1. The summed E-state index contributed by atoms with van der Waals surface area (Å²) in [7, 11) is 1.64. The average Bonchev–Trinajstić information content (AvgIpc) is 3.22. The molecule has 8 heteroatoms. The molecular formula is C19H27F3N4O. The topological polar surface area (TPSA) is 57.3 Å². The van der Waals surface area contributed by atoms with E-state index in [1.807, 2.05) is 11.8 Å². The molecule has 1 amide bonds. The third-order valence-corrected chi connectivity index (χ3v) is 5.76. The molecule has 1 saturated heterocycles. The Bertz CT molecular complexity index is 667. The van der Waals surface area contributed by atoms with Crippen LogP contribution in [0, 0.1) is 11.8 Å². The second-order valence-corrected chi connectivity index (χ2v) is 7.51. The number of anilines is 1. The van der Waals surface area contributed by atoms with Gasteiger partial charge in [0.1, 0.15) is 11.5 Å². The number of hydrogen-bond donors (Lipinski definition) is 2. The number of halogens is 3. The molecule has 3 rings (SSSR count). The lowest BCUT2D eigenvalue weighted by molar-refractivity contribution is -0.141. The zero-order chi connectivity index (χ0) is 19.6. The molecule has 0 radical (unpaired) electrons. The lowest BCUT2D eigenvalue weighted by atomic mass is 9.96. The van der Waals surface area contributed by atoms with Crippen molar-refractivity contribution in [3.8, 4) is 0 Å². The fourth-order valence-corrected chi connectivity index (χ4v) is 4.43. The first-order valence-corrected chi connectivity index (χ1v) is 9.60. The molecule has 0 bridgehead atoms. The van der Waals surface area contributed by atoms with Gasteiger partial charge in [-0.2, -0.15) is 13.2 Å². The molecule has 0 aromatic carbocycles. The van der Waals surface area contributed by atoms with Crippen LogP contribution in [0.2, 0.25) is 0 Å². The van der Waals surface area contributed by atoms with Crippen LogP contribution in [0.5, 0.6) is 0 Å². The van der Waals surface area contributed by atoms with Crippen LogP contribution >= 0.6 is 0 Å². The molecule has 2 aliphatic rings. The van der Waals surface area contributed by atoms with Gasteiger partial charge in [-0.25, -0.2) is 4.98 Å². The minimum Gasteiger partial charge on any atom is -0.358 e. The number of fused-ring (bicyclic) bond motifs is 1. The molecular weight excluding hydrogens is 357 g/mol. The van der Waals surface area contributed by atoms with E-state index in [0.29, 0.717) is 24.2 Å². The van der Waals surface area contributed by atoms with Gasteiger partial charge in [0.15, 0.2) is 0 Å². The highest BCUT2D eigenvalue weighted by Crippen LogP contribution is 2.40. The van der Waals surface area contributed by atoms with Gasteiger partial charge in [-0.05, 0) is 43.2 Å². The van der Waals surface area contributed by atoms with E-state index < -0.39 is 11.9 Å². The summed E-state index contributed by atoms with van der Waals surface area (Å²) in [5.41, 5.74) is -0.852. The summed E-state index contributed by atoms with van der Waals surface area (Å²) in [4.78, 5) is 17.9. The fraction of sp³-hybridized carbons (Fsp3) is 0.684. The first-order valence-electron chi connectivity index (χ1n) is 9.60. The maximum absolute atomic E-state index is 12.9. The van der Waals surface area contributed by atoms with E-state index in [-0.39, 0.29) is 18.0 Å². The zero-order valence-electron chi connectivity index (χ0n) is 15.7. The molecule has 1 aromatic rings. The summed E-state index contributed by atoms with van der Waals surface area (Å²) in [6, 6.07) is 4.05. The van der Waals surface area contributed by atoms with E-state index in [1.54, 1.807) is 13.1 Å². The maximum Gasteiger partial charge on any atom is 0.433 e. The van der Waals surface area contributed by atoms with Gasteiger partial charge in [0, 0.05) is 26.2 Å². The molecule has 150 valence electrons. The van der Waals surface area contributed by atoms with Crippen molar-refractivity contribution < 1.29 is 18.0 Å². The Labute approximate surface area is 157 Å². The zero-order valence-corrected chi connectivity index (χ0v) is 15.7. The van der Waals surface area contributed by atoms with Gasteiger partial charge in [-0.3, -0.25) is 4.79 Å². The predicted octanol–water partition coefficient (Wildman–Crippen LogP) is 2.82. The van der Waals surface area contributed by atoms with Crippen LogP contribution in [0.1, 0.15) is 38.3 Å². The molecule has 5 nitrogen and oxygen atoms in total. The van der Waals surface area contributed by atoms with E-state index in [0.717, 1.165) is 38.3 Å². The smallest absolute Gasteiger partial charge is 0.358 e. The van der Waals surface area contributed by atoms with Crippen molar-refractivity contribution in [1.82, 2.24) is 15.6 Å². The van der Waals surface area contributed by atoms with E-state index >= 15 is 0 Å². The highest BCUT2D eigenvalue weighted by molar-refractivity contribution is 5.81. The summed E-state index contributed by atoms with van der Waals surface area (Å²) in [5.74, 6) is 1.13. The Kier molecular flexibility index (Phi) is 5.93. The Morgan fingerprint density at radius 1 is 1.33 bits per heavy atom. The largest absolute Gasteiger partial charge is 0.433 e. The van der Waals surface area contributed by atoms with Gasteiger partial charge in [0.05, 0.1) is 6.04 Å². The van der Waals surface area contributed by atoms with E-state index in [9.17, 15) is 18.0 Å². The fourth-order valence-electron chi connectivity index (χ4n) is 4.43. The van der Waals surface area contributed by atoms with Crippen molar-refractivity contribution in [2.24, 2.45) is 11.8 Å². The Balaban J connectivity index is 1.68. The monoisotopic (exact) mass is 384 g/mol. The lowest BCUT2D eigenvalue weighted by Crippen LogP contribution is -2.49. The van der Waals surface area contributed by atoms with E-state index in [4.69, 9.17) is 0 Å². The number of pyridine rings is 1. The van der Waals surface area contributed by atoms with Gasteiger partial charge in [0.2, 0.25) is 5.91 Å². The molecule has 1 aliphatic heterocycles. The van der Waals surface area contributed by atoms with Crippen molar-refractivity contribution in [3.05, 3.63) is 23.9 Å². The first-order chi connectivity index (χ1) is 12.8. The number of nitrogens with one attached hydrogen (secondary N) is 2. The number of carbonyl (C=O) groups excluding carboxylic acids is 1. The van der Waals surface area contributed by atoms with Gasteiger partial charge < -0.3 is 15.5 Å². The Morgan fingerprint density at radius 3 is 2.78 bits per heavy atom. The van der Waals surface area contributed by atoms with Crippen molar-refractivity contribution >= 4 is 11.7 Å². The summed E-state index contributed by atoms with van der Waals surface area (Å²) < 4.78 is 38.8. The molecule has 2 fully saturated rings. The molecule has 27 heavy (non-hydrogen) atoms. The average molecular weight is 384 g/mol. The second-order valence-electron chi connectivity index (χ2n) is 7.51. The molecule has 0 spiro atoms. The second kappa shape index (κ2) is 8.04. The number of hydrogen-bond acceptors (Lipinski definition) is 4. The summed E-state index contributed by atoms with van der Waals surface area (Å²) in [5, 5.41) is 6.22. The third-order valence-electron chi connectivity index (χ3n) is 5.76. The van der Waals surface area contributed by atoms with Crippen molar-refractivity contribution in [3.63, 3.8) is 0 Å². The molecule has 1 aromatic heterocycles. The number of rotatable bonds is 6. The van der Waals surface area contributed by atoms with E-state index in [2.05, 4.69) is 15.6 Å². The Hall–Kier alpha value is -1.83. The minimum absolute atomic E-state index is 0.00491. The number of alkyl halides is 3. The van der Waals surface area contributed by atoms with Crippen molar-refractivity contribution in [2.75, 3.05) is 25.0 Å². The molecule has 2 heterocycles. The van der Waals surface area contributed by atoms with Crippen LogP contribution in [0.15, 0.2) is 18.2 Å². The van der Waals surface area contributed by atoms with Crippen molar-refractivity contribution in [2.45, 2.75) is 50.9 Å². The Morgan fingerprint density at radius 2 is 2.11 bits per heavy atom. The van der Waals surface area contributed by atoms with Gasteiger partial charge in [-0.15, -0.1) is 0 Å². The van der Waals surface area contributed by atoms with Crippen LogP contribution in [-0.2, 0) is 11.0 Å². The van der Waals surface area contributed by atoms with E-state index in [1.165, 1.54) is 6.07 Å². The molecule has 2 N–H and O–H groups in total. The van der Waals surface area contributed by atoms with Gasteiger partial charge >= 0.3 is 6.18 Å². The van der Waals surface area contributed by atoms with Crippen LogP contribution in [-0.4, -0.2) is 43.1 Å². The van der Waals surface area contributed by atoms with Gasteiger partial charge in [-0.1, -0.05) is 19.4 Å². The lowest BCUT2D eigenvalue weighted by Gasteiger charge is -2.26. The highest BCUT2D eigenvalue weighted by Gasteiger charge is 2.44.